The first-order valence-electron chi connectivity index (χ1n) is 10.6. The number of halogens is 1. The number of aliphatic hydroxyl groups is 2. The highest BCUT2D eigenvalue weighted by atomic mass is 35.5. The van der Waals surface area contributed by atoms with Crippen LogP contribution in [0.15, 0.2) is 54.6 Å². The summed E-state index contributed by atoms with van der Waals surface area (Å²) < 4.78 is 0. The lowest BCUT2D eigenvalue weighted by Gasteiger charge is -2.32. The zero-order valence-electron chi connectivity index (χ0n) is 17.6. The van der Waals surface area contributed by atoms with Gasteiger partial charge in [0.25, 0.3) is 5.91 Å². The molecule has 168 valence electrons. The maximum absolute atomic E-state index is 13.0. The van der Waals surface area contributed by atoms with E-state index in [1.54, 1.807) is 29.2 Å². The number of aromatic amines is 1. The van der Waals surface area contributed by atoms with Gasteiger partial charge in [0.15, 0.2) is 5.72 Å². The molecule has 8 heteroatoms. The Balaban J connectivity index is 1.57. The molecule has 7 nitrogen and oxygen atoms in total. The first kappa shape index (κ1) is 22.3. The van der Waals surface area contributed by atoms with Crippen molar-refractivity contribution in [1.82, 2.24) is 15.2 Å². The summed E-state index contributed by atoms with van der Waals surface area (Å²) in [6.07, 6.45) is 1.30. The van der Waals surface area contributed by atoms with Crippen LogP contribution >= 0.6 is 11.6 Å². The molecule has 2 aromatic carbocycles. The topological polar surface area (TPSA) is 106 Å². The van der Waals surface area contributed by atoms with Crippen LogP contribution in [0.2, 0.25) is 5.02 Å². The fraction of sp³-hybridized carbons (Fsp3) is 0.333. The van der Waals surface area contributed by atoms with Crippen LogP contribution in [-0.4, -0.2) is 56.8 Å². The molecular weight excluding hydrogens is 430 g/mol. The molecule has 0 radical (unpaired) electrons. The number of carbonyl (C=O) groups excluding carboxylic acids is 2. The minimum absolute atomic E-state index is 0.0645. The van der Waals surface area contributed by atoms with Crippen molar-refractivity contribution in [3.63, 3.8) is 0 Å². The molecule has 1 saturated heterocycles. The van der Waals surface area contributed by atoms with Crippen molar-refractivity contribution in [1.29, 1.82) is 0 Å². The Morgan fingerprint density at radius 2 is 1.97 bits per heavy atom. The predicted octanol–water partition coefficient (Wildman–Crippen LogP) is 2.86. The number of amides is 2. The molecule has 3 aromatic rings. The summed E-state index contributed by atoms with van der Waals surface area (Å²) in [6, 6.07) is 15.8. The van der Waals surface area contributed by atoms with Crippen LogP contribution in [-0.2, 0) is 11.2 Å². The third-order valence-electron chi connectivity index (χ3n) is 5.86. The number of H-pyrrole nitrogens is 1. The summed E-state index contributed by atoms with van der Waals surface area (Å²) in [5, 5.41) is 25.0. The van der Waals surface area contributed by atoms with E-state index in [9.17, 15) is 19.8 Å². The molecular formula is C24H26ClN3O4. The van der Waals surface area contributed by atoms with Crippen LogP contribution < -0.4 is 5.32 Å². The van der Waals surface area contributed by atoms with E-state index in [1.165, 1.54) is 0 Å². The second-order valence-electron chi connectivity index (χ2n) is 8.31. The summed E-state index contributed by atoms with van der Waals surface area (Å²) in [5.41, 5.74) is -0.0140. The van der Waals surface area contributed by atoms with Gasteiger partial charge in [0.1, 0.15) is 5.69 Å². The first-order valence-corrected chi connectivity index (χ1v) is 11.0. The third kappa shape index (κ3) is 4.96. The van der Waals surface area contributed by atoms with E-state index in [2.05, 4.69) is 10.3 Å². The summed E-state index contributed by atoms with van der Waals surface area (Å²) in [6.45, 7) is 0.412. The number of nitrogens with one attached hydrogen (secondary N) is 2. The standard InChI is InChI=1S/C24H26ClN3O4/c25-18-8-9-20-17(11-18)12-21(26-20)23(31)27-24(32,13-16-5-2-1-3-6-16)14-22(30)28-10-4-7-19(28)15-29/h1-3,5-6,8-9,11-12,19,26,29,32H,4,7,10,13-15H2,(H,27,31)/t19-,24+/m1/s1. The van der Waals surface area contributed by atoms with Crippen molar-refractivity contribution >= 4 is 34.3 Å². The molecule has 4 N–H and O–H groups in total. The van der Waals surface area contributed by atoms with Crippen LogP contribution in [0.4, 0.5) is 0 Å². The minimum Gasteiger partial charge on any atom is -0.394 e. The molecule has 1 aliphatic heterocycles. The molecule has 0 bridgehead atoms. The number of aliphatic hydroxyl groups excluding tert-OH is 1. The van der Waals surface area contributed by atoms with Gasteiger partial charge in [-0.2, -0.15) is 0 Å². The lowest BCUT2D eigenvalue weighted by Crippen LogP contribution is -2.54. The summed E-state index contributed by atoms with van der Waals surface area (Å²) >= 11 is 6.03. The highest BCUT2D eigenvalue weighted by Crippen LogP contribution is 2.24. The van der Waals surface area contributed by atoms with Gasteiger partial charge in [-0.05, 0) is 42.7 Å². The van der Waals surface area contributed by atoms with Gasteiger partial charge in [-0.25, -0.2) is 0 Å². The Labute approximate surface area is 191 Å². The second-order valence-corrected chi connectivity index (χ2v) is 8.74. The number of nitrogens with zero attached hydrogens (tertiary/aromatic N) is 1. The van der Waals surface area contributed by atoms with E-state index < -0.39 is 11.6 Å². The highest BCUT2D eigenvalue weighted by Gasteiger charge is 2.37. The van der Waals surface area contributed by atoms with Gasteiger partial charge in [-0.15, -0.1) is 0 Å². The van der Waals surface area contributed by atoms with Crippen molar-refractivity contribution in [3.8, 4) is 0 Å². The molecule has 1 aliphatic rings. The van der Waals surface area contributed by atoms with Gasteiger partial charge in [-0.1, -0.05) is 41.9 Å². The average Bonchev–Trinajstić information content (AvgIpc) is 3.40. The van der Waals surface area contributed by atoms with Gasteiger partial charge < -0.3 is 25.4 Å². The van der Waals surface area contributed by atoms with E-state index in [-0.39, 0.29) is 37.1 Å². The molecule has 1 aromatic heterocycles. The molecule has 0 spiro atoms. The number of hydrogen-bond acceptors (Lipinski definition) is 4. The lowest BCUT2D eigenvalue weighted by molar-refractivity contribution is -0.138. The fourth-order valence-electron chi connectivity index (χ4n) is 4.29. The first-order chi connectivity index (χ1) is 15.4. The molecule has 0 saturated carbocycles. The van der Waals surface area contributed by atoms with Crippen molar-refractivity contribution < 1.29 is 19.8 Å². The second kappa shape index (κ2) is 9.32. The molecule has 4 rings (SSSR count). The molecule has 32 heavy (non-hydrogen) atoms. The summed E-state index contributed by atoms with van der Waals surface area (Å²) in [5.74, 6) is -0.826. The van der Waals surface area contributed by atoms with E-state index in [0.29, 0.717) is 11.6 Å². The van der Waals surface area contributed by atoms with Crippen molar-refractivity contribution in [3.05, 3.63) is 70.9 Å². The zero-order valence-corrected chi connectivity index (χ0v) is 18.3. The Hall–Kier alpha value is -2.87. The number of aromatic nitrogens is 1. The minimum atomic E-state index is -1.80. The van der Waals surface area contributed by atoms with Crippen LogP contribution in [0.25, 0.3) is 10.9 Å². The number of carbonyl (C=O) groups is 2. The van der Waals surface area contributed by atoms with Gasteiger partial charge in [0.05, 0.1) is 19.1 Å². The Bertz CT molecular complexity index is 1120. The number of benzene rings is 2. The monoisotopic (exact) mass is 455 g/mol. The van der Waals surface area contributed by atoms with E-state index in [4.69, 9.17) is 11.6 Å². The van der Waals surface area contributed by atoms with Crippen LogP contribution in [0.5, 0.6) is 0 Å². The smallest absolute Gasteiger partial charge is 0.269 e. The highest BCUT2D eigenvalue weighted by molar-refractivity contribution is 6.31. The predicted molar refractivity (Wildman–Crippen MR) is 122 cm³/mol. The molecule has 2 amide bonds. The number of hydrogen-bond donors (Lipinski definition) is 4. The number of likely N-dealkylation sites (tertiary alicyclic amines) is 1. The molecule has 2 heterocycles. The quantitative estimate of drug-likeness (QED) is 0.411. The van der Waals surface area contributed by atoms with Gasteiger partial charge in [-0.3, -0.25) is 9.59 Å². The third-order valence-corrected chi connectivity index (χ3v) is 6.10. The van der Waals surface area contributed by atoms with E-state index in [0.717, 1.165) is 29.3 Å². The van der Waals surface area contributed by atoms with Crippen molar-refractivity contribution in [2.45, 2.75) is 37.5 Å². The number of rotatable bonds is 7. The Morgan fingerprint density at radius 1 is 1.19 bits per heavy atom. The summed E-state index contributed by atoms with van der Waals surface area (Å²) in [7, 11) is 0. The van der Waals surface area contributed by atoms with Crippen LogP contribution in [0, 0.1) is 0 Å². The van der Waals surface area contributed by atoms with Gasteiger partial charge >= 0.3 is 0 Å². The largest absolute Gasteiger partial charge is 0.394 e. The summed E-state index contributed by atoms with van der Waals surface area (Å²) in [4.78, 5) is 30.6. The van der Waals surface area contributed by atoms with Gasteiger partial charge in [0.2, 0.25) is 5.91 Å². The van der Waals surface area contributed by atoms with Crippen molar-refractivity contribution in [2.75, 3.05) is 13.2 Å². The van der Waals surface area contributed by atoms with Crippen LogP contribution in [0.3, 0.4) is 0 Å². The Kier molecular flexibility index (Phi) is 6.50. The maximum atomic E-state index is 13.0. The Morgan fingerprint density at radius 3 is 2.72 bits per heavy atom. The lowest BCUT2D eigenvalue weighted by atomic mass is 9.98. The fourth-order valence-corrected chi connectivity index (χ4v) is 4.48. The van der Waals surface area contributed by atoms with E-state index >= 15 is 0 Å². The van der Waals surface area contributed by atoms with Gasteiger partial charge in [0, 0.05) is 28.9 Å². The average molecular weight is 456 g/mol. The molecule has 0 aliphatic carbocycles. The molecule has 2 atom stereocenters. The normalized spacial score (nSPS) is 18.0. The van der Waals surface area contributed by atoms with Crippen molar-refractivity contribution in [2.24, 2.45) is 0 Å². The number of fused-ring (bicyclic) bond motifs is 1. The van der Waals surface area contributed by atoms with E-state index in [1.807, 2.05) is 30.3 Å². The SMILES string of the molecule is O=C(N[C@@](O)(CC(=O)N1CCC[C@@H]1CO)Cc1ccccc1)c1cc2cc(Cl)ccc2[nH]1. The molecule has 1 fully saturated rings. The van der Waals surface area contributed by atoms with Crippen LogP contribution in [0.1, 0.15) is 35.3 Å². The maximum Gasteiger partial charge on any atom is 0.269 e. The zero-order chi connectivity index (χ0) is 22.7. The molecule has 0 unspecified atom stereocenters.